The lowest BCUT2D eigenvalue weighted by Gasteiger charge is -2.46. The maximum atomic E-state index is 3.23. The summed E-state index contributed by atoms with van der Waals surface area (Å²) in [7, 11) is 6.48. The van der Waals surface area contributed by atoms with E-state index in [1.54, 1.807) is 0 Å². The molecule has 1 aromatic rings. The van der Waals surface area contributed by atoms with Crippen LogP contribution < -0.4 is 5.32 Å². The van der Waals surface area contributed by atoms with Crippen LogP contribution in [0.2, 0.25) is 0 Å². The standard InChI is InChI=1S/C17H29N3/c1-18-12-7-13-20-14-10-17(11-15-20,19(2)3)16-8-5-4-6-9-16/h4-6,8-9,18H,7,10-15H2,1-3H3. The van der Waals surface area contributed by atoms with E-state index in [2.05, 4.69) is 59.5 Å². The molecule has 0 saturated carbocycles. The second-order valence-electron chi connectivity index (χ2n) is 6.09. The molecule has 3 heteroatoms. The van der Waals surface area contributed by atoms with Gasteiger partial charge in [0.15, 0.2) is 0 Å². The smallest absolute Gasteiger partial charge is 0.0479 e. The van der Waals surface area contributed by atoms with Crippen LogP contribution in [0.15, 0.2) is 30.3 Å². The first-order valence-electron chi connectivity index (χ1n) is 7.79. The van der Waals surface area contributed by atoms with Gasteiger partial charge in [-0.1, -0.05) is 30.3 Å². The van der Waals surface area contributed by atoms with Crippen LogP contribution in [-0.4, -0.2) is 57.1 Å². The van der Waals surface area contributed by atoms with Crippen LogP contribution in [0.1, 0.15) is 24.8 Å². The van der Waals surface area contributed by atoms with E-state index in [-0.39, 0.29) is 5.54 Å². The Morgan fingerprint density at radius 3 is 2.35 bits per heavy atom. The summed E-state index contributed by atoms with van der Waals surface area (Å²) >= 11 is 0. The van der Waals surface area contributed by atoms with Crippen LogP contribution in [0.5, 0.6) is 0 Å². The Morgan fingerprint density at radius 2 is 1.80 bits per heavy atom. The van der Waals surface area contributed by atoms with Crippen molar-refractivity contribution < 1.29 is 0 Å². The SMILES string of the molecule is CNCCCN1CCC(c2ccccc2)(N(C)C)CC1. The van der Waals surface area contributed by atoms with E-state index in [1.807, 2.05) is 7.05 Å². The Hall–Kier alpha value is -0.900. The summed E-state index contributed by atoms with van der Waals surface area (Å²) in [5, 5.41) is 3.23. The zero-order valence-electron chi connectivity index (χ0n) is 13.2. The molecule has 2 rings (SSSR count). The van der Waals surface area contributed by atoms with Crippen molar-refractivity contribution in [3.05, 3.63) is 35.9 Å². The molecule has 1 aliphatic rings. The van der Waals surface area contributed by atoms with Gasteiger partial charge >= 0.3 is 0 Å². The number of nitrogens with one attached hydrogen (secondary N) is 1. The Balaban J connectivity index is 2.00. The van der Waals surface area contributed by atoms with Crippen molar-refractivity contribution >= 4 is 0 Å². The highest BCUT2D eigenvalue weighted by Crippen LogP contribution is 2.37. The first kappa shape index (κ1) is 15.5. The van der Waals surface area contributed by atoms with E-state index < -0.39 is 0 Å². The number of hydrogen-bond donors (Lipinski definition) is 1. The largest absolute Gasteiger partial charge is 0.320 e. The van der Waals surface area contributed by atoms with Gasteiger partial charge in [0.25, 0.3) is 0 Å². The number of rotatable bonds is 6. The lowest BCUT2D eigenvalue weighted by molar-refractivity contribution is 0.0535. The number of hydrogen-bond acceptors (Lipinski definition) is 3. The van der Waals surface area contributed by atoms with Gasteiger partial charge in [0.05, 0.1) is 0 Å². The van der Waals surface area contributed by atoms with E-state index in [1.165, 1.54) is 44.5 Å². The third-order valence-corrected chi connectivity index (χ3v) is 4.75. The van der Waals surface area contributed by atoms with E-state index in [0.29, 0.717) is 0 Å². The molecular formula is C17H29N3. The molecule has 1 aromatic carbocycles. The number of benzene rings is 1. The molecule has 0 aliphatic carbocycles. The van der Waals surface area contributed by atoms with Crippen LogP contribution >= 0.6 is 0 Å². The van der Waals surface area contributed by atoms with E-state index in [9.17, 15) is 0 Å². The molecule has 0 amide bonds. The molecule has 0 spiro atoms. The maximum absolute atomic E-state index is 3.23. The summed E-state index contributed by atoms with van der Waals surface area (Å²) in [6.07, 6.45) is 3.70. The lowest BCUT2D eigenvalue weighted by atomic mass is 9.80. The van der Waals surface area contributed by atoms with Gasteiger partial charge in [-0.05, 0) is 59.1 Å². The van der Waals surface area contributed by atoms with Crippen molar-refractivity contribution in [3.63, 3.8) is 0 Å². The second kappa shape index (κ2) is 7.21. The fraction of sp³-hybridized carbons (Fsp3) is 0.647. The van der Waals surface area contributed by atoms with Crippen LogP contribution in [0.25, 0.3) is 0 Å². The van der Waals surface area contributed by atoms with Crippen LogP contribution in [0.3, 0.4) is 0 Å². The van der Waals surface area contributed by atoms with Crippen LogP contribution in [-0.2, 0) is 5.54 Å². The second-order valence-corrected chi connectivity index (χ2v) is 6.09. The van der Waals surface area contributed by atoms with Crippen LogP contribution in [0.4, 0.5) is 0 Å². The maximum Gasteiger partial charge on any atom is 0.0479 e. The average molecular weight is 275 g/mol. The predicted octanol–water partition coefficient (Wildman–Crippen LogP) is 2.15. The molecule has 1 N–H and O–H groups in total. The summed E-state index contributed by atoms with van der Waals surface area (Å²) in [4.78, 5) is 5.04. The molecule has 112 valence electrons. The molecule has 1 saturated heterocycles. The van der Waals surface area contributed by atoms with Gasteiger partial charge in [0, 0.05) is 18.6 Å². The molecule has 0 unspecified atom stereocenters. The number of nitrogens with zero attached hydrogens (tertiary/aromatic N) is 2. The Morgan fingerprint density at radius 1 is 1.15 bits per heavy atom. The highest BCUT2D eigenvalue weighted by atomic mass is 15.2. The third-order valence-electron chi connectivity index (χ3n) is 4.75. The van der Waals surface area contributed by atoms with E-state index in [4.69, 9.17) is 0 Å². The predicted molar refractivity (Wildman–Crippen MR) is 86.0 cm³/mol. The van der Waals surface area contributed by atoms with Gasteiger partial charge < -0.3 is 10.2 Å². The Kier molecular flexibility index (Phi) is 5.58. The normalized spacial score (nSPS) is 19.4. The van der Waals surface area contributed by atoms with Crippen molar-refractivity contribution in [1.29, 1.82) is 0 Å². The monoisotopic (exact) mass is 275 g/mol. The van der Waals surface area contributed by atoms with Gasteiger partial charge in [0.1, 0.15) is 0 Å². The zero-order chi connectivity index (χ0) is 14.4. The molecule has 0 atom stereocenters. The summed E-state index contributed by atoms with van der Waals surface area (Å²) in [6.45, 7) is 4.75. The molecule has 1 heterocycles. The molecule has 0 bridgehead atoms. The molecule has 1 aliphatic heterocycles. The topological polar surface area (TPSA) is 18.5 Å². The zero-order valence-corrected chi connectivity index (χ0v) is 13.2. The van der Waals surface area contributed by atoms with E-state index >= 15 is 0 Å². The van der Waals surface area contributed by atoms with Gasteiger partial charge in [-0.25, -0.2) is 0 Å². The minimum absolute atomic E-state index is 0.223. The number of likely N-dealkylation sites (tertiary alicyclic amines) is 1. The minimum atomic E-state index is 0.223. The first-order valence-corrected chi connectivity index (χ1v) is 7.79. The van der Waals surface area contributed by atoms with Gasteiger partial charge in [0.2, 0.25) is 0 Å². The summed E-state index contributed by atoms with van der Waals surface area (Å²) in [5.74, 6) is 0. The molecule has 3 nitrogen and oxygen atoms in total. The van der Waals surface area contributed by atoms with Crippen molar-refractivity contribution in [3.8, 4) is 0 Å². The lowest BCUT2D eigenvalue weighted by Crippen LogP contribution is -2.50. The quantitative estimate of drug-likeness (QED) is 0.803. The van der Waals surface area contributed by atoms with Crippen molar-refractivity contribution in [1.82, 2.24) is 15.1 Å². The summed E-state index contributed by atoms with van der Waals surface area (Å²) < 4.78 is 0. The van der Waals surface area contributed by atoms with Crippen molar-refractivity contribution in [2.45, 2.75) is 24.8 Å². The van der Waals surface area contributed by atoms with Gasteiger partial charge in [-0.15, -0.1) is 0 Å². The molecule has 1 fully saturated rings. The highest BCUT2D eigenvalue weighted by Gasteiger charge is 2.37. The van der Waals surface area contributed by atoms with Crippen molar-refractivity contribution in [2.24, 2.45) is 0 Å². The Labute approximate surface area is 124 Å². The molecule has 0 aromatic heterocycles. The third kappa shape index (κ3) is 3.40. The first-order chi connectivity index (χ1) is 9.69. The fourth-order valence-corrected chi connectivity index (χ4v) is 3.37. The Bertz CT molecular complexity index is 380. The molecular weight excluding hydrogens is 246 g/mol. The van der Waals surface area contributed by atoms with Crippen LogP contribution in [0, 0.1) is 0 Å². The summed E-state index contributed by atoms with van der Waals surface area (Å²) in [6, 6.07) is 11.0. The molecule has 20 heavy (non-hydrogen) atoms. The fourth-order valence-electron chi connectivity index (χ4n) is 3.37. The average Bonchev–Trinajstić information content (AvgIpc) is 2.49. The number of piperidine rings is 1. The highest BCUT2D eigenvalue weighted by molar-refractivity contribution is 5.25. The van der Waals surface area contributed by atoms with Gasteiger partial charge in [-0.3, -0.25) is 4.90 Å². The van der Waals surface area contributed by atoms with Gasteiger partial charge in [-0.2, -0.15) is 0 Å². The van der Waals surface area contributed by atoms with E-state index in [0.717, 1.165) is 6.54 Å². The summed E-state index contributed by atoms with van der Waals surface area (Å²) in [5.41, 5.74) is 1.70. The molecule has 0 radical (unpaired) electrons. The minimum Gasteiger partial charge on any atom is -0.320 e. The van der Waals surface area contributed by atoms with Crippen molar-refractivity contribution in [2.75, 3.05) is 47.3 Å².